The van der Waals surface area contributed by atoms with Crippen LogP contribution in [0.3, 0.4) is 0 Å². The van der Waals surface area contributed by atoms with E-state index in [0.717, 1.165) is 0 Å². The minimum absolute atomic E-state index is 0.00491. The van der Waals surface area contributed by atoms with E-state index in [1.54, 1.807) is 92.0 Å². The highest BCUT2D eigenvalue weighted by Crippen LogP contribution is 2.21. The summed E-state index contributed by atoms with van der Waals surface area (Å²) in [5.74, 6) is -6.32. The third kappa shape index (κ3) is 33.0. The molecule has 0 aliphatic carbocycles. The van der Waals surface area contributed by atoms with Crippen LogP contribution in [0.15, 0.2) is 86.1 Å². The summed E-state index contributed by atoms with van der Waals surface area (Å²) >= 11 is 0. The van der Waals surface area contributed by atoms with Crippen LogP contribution in [0.2, 0.25) is 0 Å². The predicted octanol–water partition coefficient (Wildman–Crippen LogP) is 1.09. The number of ether oxygens (including phenoxy) is 6. The number of anilines is 6. The molecule has 698 valence electrons. The molecule has 0 aliphatic heterocycles. The van der Waals surface area contributed by atoms with Gasteiger partial charge in [-0.15, -0.1) is 0 Å². The number of pyridine rings is 1. The van der Waals surface area contributed by atoms with Gasteiger partial charge in [0.05, 0.1) is 95.4 Å². The predicted molar refractivity (Wildman–Crippen MR) is 467 cm³/mol. The van der Waals surface area contributed by atoms with Gasteiger partial charge in [0, 0.05) is 195 Å². The van der Waals surface area contributed by atoms with E-state index < -0.39 is 76.7 Å². The summed E-state index contributed by atoms with van der Waals surface area (Å²) in [7, 11) is 13.1. The highest BCUT2D eigenvalue weighted by Gasteiger charge is 2.29. The van der Waals surface area contributed by atoms with Gasteiger partial charge < -0.3 is 134 Å². The molecule has 47 nitrogen and oxygen atoms in total. The molecule has 0 fully saturated rings. The highest BCUT2D eigenvalue weighted by atomic mass is 16.6. The molecule has 47 heteroatoms. The maximum Gasteiger partial charge on any atom is 0.411 e. The van der Waals surface area contributed by atoms with Crippen LogP contribution in [0.5, 0.6) is 0 Å². The Bertz CT molecular complexity index is 5220. The Morgan fingerprint density at radius 1 is 0.411 bits per heavy atom. The number of nitrogens with two attached hydrogens (primary N) is 1. The minimum Gasteiger partial charge on any atom is -0.444 e. The molecular formula is C82H115N27O20. The SMILES string of the molecule is CCN(CCN(C)CCOCCOCCOCCOCCOCCNC(=O)CCNC(=O)c1nc(NC(=O)c2cc(NC(=O)CCNC(=O)c3nc(NC(=O)CCCNC(=O)c4cc(NC(=O)c5nc(NC(=O)CCNC(=O)c6cc(NC(=O)c7nccn7C)cn6C)cn5C)cn4C)cn3C)cn2C)cn1C)C(=O)CN(Cc1cc(C(N)=O)ccn1)C(=O)OC(C)(C)C. The van der Waals surface area contributed by atoms with E-state index in [0.29, 0.717) is 97.0 Å². The first-order valence-corrected chi connectivity index (χ1v) is 41.4. The van der Waals surface area contributed by atoms with E-state index in [1.807, 2.05) is 18.9 Å². The Morgan fingerprint density at radius 2 is 0.853 bits per heavy atom. The van der Waals surface area contributed by atoms with Crippen molar-refractivity contribution in [1.82, 2.24) is 98.2 Å². The number of carbonyl (C=O) groups is 14. The number of nitrogens with one attached hydrogen (secondary N) is 11. The summed E-state index contributed by atoms with van der Waals surface area (Å²) < 4.78 is 43.8. The van der Waals surface area contributed by atoms with Crippen LogP contribution in [0.1, 0.15) is 150 Å². The van der Waals surface area contributed by atoms with Crippen molar-refractivity contribution in [3.8, 4) is 0 Å². The van der Waals surface area contributed by atoms with E-state index in [-0.39, 0.29) is 171 Å². The molecule has 8 heterocycles. The van der Waals surface area contributed by atoms with Gasteiger partial charge in [0.15, 0.2) is 23.3 Å². The number of hydrogen-bond acceptors (Lipinski definition) is 26. The van der Waals surface area contributed by atoms with Crippen LogP contribution >= 0.6 is 0 Å². The molecule has 0 unspecified atom stereocenters. The van der Waals surface area contributed by atoms with Gasteiger partial charge >= 0.3 is 6.09 Å². The monoisotopic (exact) mass is 1800 g/mol. The molecule has 0 atom stereocenters. The molecule has 8 aromatic rings. The molecule has 8 aromatic heterocycles. The number of aromatic nitrogens is 12. The fourth-order valence-corrected chi connectivity index (χ4v) is 12.3. The van der Waals surface area contributed by atoms with Crippen LogP contribution < -0.4 is 64.2 Å². The Morgan fingerprint density at radius 3 is 1.35 bits per heavy atom. The van der Waals surface area contributed by atoms with Crippen molar-refractivity contribution in [3.63, 3.8) is 0 Å². The lowest BCUT2D eigenvalue weighted by Crippen LogP contribution is -2.46. The normalized spacial score (nSPS) is 11.2. The van der Waals surface area contributed by atoms with E-state index in [9.17, 15) is 67.1 Å². The van der Waals surface area contributed by atoms with E-state index in [2.05, 4.69) is 83.4 Å². The molecule has 0 aromatic carbocycles. The molecular weight excluding hydrogens is 1680 g/mol. The fourth-order valence-electron chi connectivity index (χ4n) is 12.3. The smallest absolute Gasteiger partial charge is 0.411 e. The molecule has 0 spiro atoms. The maximum atomic E-state index is 13.4. The second-order valence-electron chi connectivity index (χ2n) is 30.5. The minimum atomic E-state index is -0.805. The van der Waals surface area contributed by atoms with Crippen LogP contribution in [0, 0.1) is 0 Å². The number of carbonyl (C=O) groups excluding carboxylic acids is 14. The molecule has 0 saturated carbocycles. The van der Waals surface area contributed by atoms with Crippen molar-refractivity contribution < 1.29 is 95.5 Å². The lowest BCUT2D eigenvalue weighted by atomic mass is 10.2. The first kappa shape index (κ1) is 100. The van der Waals surface area contributed by atoms with Gasteiger partial charge in [-0.05, 0) is 71.5 Å². The standard InChI is InChI=1S/C82H115N27O20/c1-13-108(68(114)52-109(81(123)129-82(2,3)4)48-54-41-53(69(83)115)16-21-84-54)29-28-100(5)30-32-125-34-36-127-38-40-128-39-37-126-35-33-124-31-26-85-64(110)17-22-89-78(120)72-98-63(51-106(72)11)99-76(118)60-42-55(45-104(60)9)91-66(112)18-24-90-77(119)71-96-61(49-105(71)10)94-65(111)15-14-20-87-74(116)58-44-57(47-102(58)7)93-80(122)73-97-62(50-107(73)12)95-67(113)19-23-88-75(117)59-43-56(46-103(59)8)92-79(121)70-86-25-27-101(70)6/h16,21,25,27,41-47,49-51H,13-15,17-20,22-24,26,28-40,48,52H2,1-12H3,(H2,83,115)(H,85,110)(H,87,116)(H,88,117)(H,89,120)(H,90,119)(H,91,112)(H,92,121)(H,93,122)(H,94,111)(H,95,113)(H,99,118). The zero-order chi connectivity index (χ0) is 93.9. The van der Waals surface area contributed by atoms with Crippen molar-refractivity contribution >= 4 is 117 Å². The van der Waals surface area contributed by atoms with Crippen molar-refractivity contribution in [2.45, 2.75) is 71.9 Å². The number of hydrogen-bond donors (Lipinski definition) is 12. The van der Waals surface area contributed by atoms with Crippen LogP contribution in [0.25, 0.3) is 0 Å². The third-order valence-corrected chi connectivity index (χ3v) is 18.9. The lowest BCUT2D eigenvalue weighted by molar-refractivity contribution is -0.132. The Balaban J connectivity index is 0.603. The fraction of sp³-hybridized carbons (Fsp3) is 0.476. The summed E-state index contributed by atoms with van der Waals surface area (Å²) in [5.41, 5.74) is 6.71. The molecule has 0 bridgehead atoms. The van der Waals surface area contributed by atoms with Crippen molar-refractivity contribution in [2.24, 2.45) is 55.1 Å². The van der Waals surface area contributed by atoms with Gasteiger partial charge in [-0.3, -0.25) is 72.2 Å². The summed E-state index contributed by atoms with van der Waals surface area (Å²) in [6, 6.07) is 7.32. The van der Waals surface area contributed by atoms with E-state index >= 15 is 0 Å². The number of imidazole rings is 4. The molecule has 129 heavy (non-hydrogen) atoms. The summed E-state index contributed by atoms with van der Waals surface area (Å²) in [4.78, 5) is 207. The first-order chi connectivity index (χ1) is 61.5. The topological polar surface area (TPSA) is 561 Å². The van der Waals surface area contributed by atoms with E-state index in [4.69, 9.17) is 34.2 Å². The largest absolute Gasteiger partial charge is 0.444 e. The summed E-state index contributed by atoms with van der Waals surface area (Å²) in [6.07, 6.45) is 12.6. The van der Waals surface area contributed by atoms with Gasteiger partial charge in [0.1, 0.15) is 29.2 Å². The van der Waals surface area contributed by atoms with E-state index in [1.165, 1.54) is 106 Å². The maximum absolute atomic E-state index is 13.4. The highest BCUT2D eigenvalue weighted by molar-refractivity contribution is 6.06. The average Bonchev–Trinajstić information content (AvgIpc) is 1.66. The number of primary amides is 1. The van der Waals surface area contributed by atoms with Gasteiger partial charge in [0.2, 0.25) is 52.9 Å². The Labute approximate surface area is 743 Å². The number of rotatable bonds is 53. The van der Waals surface area contributed by atoms with Crippen LogP contribution in [-0.2, 0) is 108 Å². The Kier molecular flexibility index (Phi) is 38.7. The molecule has 13 N–H and O–H groups in total. The second kappa shape index (κ2) is 49.8. The lowest BCUT2D eigenvalue weighted by Gasteiger charge is -2.30. The molecule has 0 radical (unpaired) electrons. The number of likely N-dealkylation sites (N-methyl/N-ethyl adjacent to an activating group) is 2. The number of aryl methyl sites for hydroxylation is 7. The number of amides is 14. The second-order valence-corrected chi connectivity index (χ2v) is 30.5. The summed E-state index contributed by atoms with van der Waals surface area (Å²) in [5, 5.41) is 29.4. The zero-order valence-electron chi connectivity index (χ0n) is 74.4. The molecule has 14 amide bonds. The van der Waals surface area contributed by atoms with Crippen molar-refractivity contribution in [3.05, 3.63) is 138 Å². The van der Waals surface area contributed by atoms with Crippen molar-refractivity contribution in [2.75, 3.05) is 170 Å². The third-order valence-electron chi connectivity index (χ3n) is 18.9. The molecule has 8 rings (SSSR count). The summed E-state index contributed by atoms with van der Waals surface area (Å²) in [6.45, 7) is 12.4. The molecule has 0 aliphatic rings. The van der Waals surface area contributed by atoms with Gasteiger partial charge in [-0.1, -0.05) is 0 Å². The average molecular weight is 1800 g/mol. The van der Waals surface area contributed by atoms with Gasteiger partial charge in [-0.25, -0.2) is 24.7 Å². The van der Waals surface area contributed by atoms with Crippen molar-refractivity contribution in [1.29, 1.82) is 0 Å². The van der Waals surface area contributed by atoms with Crippen LogP contribution in [-0.4, -0.2) is 299 Å². The number of nitrogens with zero attached hydrogens (tertiary/aromatic N) is 15. The first-order valence-electron chi connectivity index (χ1n) is 41.4. The Hall–Kier alpha value is -14.0. The van der Waals surface area contributed by atoms with Crippen LogP contribution in [0.4, 0.5) is 39.3 Å². The zero-order valence-corrected chi connectivity index (χ0v) is 74.4. The quantitative estimate of drug-likeness (QED) is 0.0237. The van der Waals surface area contributed by atoms with Gasteiger partial charge in [0.25, 0.3) is 41.4 Å². The molecule has 0 saturated heterocycles. The van der Waals surface area contributed by atoms with Gasteiger partial charge in [-0.2, -0.15) is 0 Å².